The van der Waals surface area contributed by atoms with Crippen molar-refractivity contribution in [3.8, 4) is 0 Å². The van der Waals surface area contributed by atoms with Crippen LogP contribution >= 0.6 is 12.4 Å². The van der Waals surface area contributed by atoms with Gasteiger partial charge in [-0.2, -0.15) is 0 Å². The van der Waals surface area contributed by atoms with Gasteiger partial charge in [0.05, 0.1) is 0 Å². The van der Waals surface area contributed by atoms with Gasteiger partial charge in [0.25, 0.3) is 0 Å². The van der Waals surface area contributed by atoms with Gasteiger partial charge in [-0.05, 0) is 44.3 Å². The van der Waals surface area contributed by atoms with Gasteiger partial charge < -0.3 is 4.90 Å². The van der Waals surface area contributed by atoms with Gasteiger partial charge in [-0.3, -0.25) is 0 Å². The summed E-state index contributed by atoms with van der Waals surface area (Å²) in [5.74, 6) is 1.71. The highest BCUT2D eigenvalue weighted by Gasteiger charge is 2.24. The predicted molar refractivity (Wildman–Crippen MR) is 107 cm³/mol. The second-order valence-electron chi connectivity index (χ2n) is 7.04. The summed E-state index contributed by atoms with van der Waals surface area (Å²) in [7, 11) is 4.51. The standard InChI is InChI=1S/C21H37N.ClH/c1-6-9-13-18(7-2)16-20(8-3)21(22(4)5)17-19-14-11-10-12-15-19;/h10-12,14-15,18,20-21H,6-9,13,16-17H2,1-5H3;1H. The molecule has 3 unspecified atom stereocenters. The lowest BCUT2D eigenvalue weighted by Gasteiger charge is -2.34. The van der Waals surface area contributed by atoms with Crippen molar-refractivity contribution in [3.63, 3.8) is 0 Å². The van der Waals surface area contributed by atoms with Gasteiger partial charge in [0, 0.05) is 6.04 Å². The van der Waals surface area contributed by atoms with E-state index in [2.05, 4.69) is 70.1 Å². The average Bonchev–Trinajstić information content (AvgIpc) is 2.54. The third-order valence-corrected chi connectivity index (χ3v) is 5.20. The monoisotopic (exact) mass is 339 g/mol. The molecular formula is C21H38ClN. The van der Waals surface area contributed by atoms with Crippen molar-refractivity contribution in [1.82, 2.24) is 4.90 Å². The van der Waals surface area contributed by atoms with Crippen molar-refractivity contribution in [2.45, 2.75) is 71.8 Å². The van der Waals surface area contributed by atoms with Crippen LogP contribution < -0.4 is 0 Å². The molecular weight excluding hydrogens is 302 g/mol. The Morgan fingerprint density at radius 2 is 1.61 bits per heavy atom. The second-order valence-corrected chi connectivity index (χ2v) is 7.04. The number of likely N-dealkylation sites (N-methyl/N-ethyl adjacent to an activating group) is 1. The summed E-state index contributed by atoms with van der Waals surface area (Å²) in [6.07, 6.45) is 9.32. The Morgan fingerprint density at radius 3 is 2.09 bits per heavy atom. The molecule has 0 N–H and O–H groups in total. The summed E-state index contributed by atoms with van der Waals surface area (Å²) in [5.41, 5.74) is 1.47. The molecule has 0 aliphatic carbocycles. The fourth-order valence-corrected chi connectivity index (χ4v) is 3.63. The highest BCUT2D eigenvalue weighted by atomic mass is 35.5. The first-order valence-electron chi connectivity index (χ1n) is 9.32. The van der Waals surface area contributed by atoms with Crippen molar-refractivity contribution in [2.75, 3.05) is 14.1 Å². The Morgan fingerprint density at radius 1 is 0.957 bits per heavy atom. The maximum atomic E-state index is 2.45. The molecule has 1 nitrogen and oxygen atoms in total. The van der Waals surface area contributed by atoms with E-state index in [0.29, 0.717) is 6.04 Å². The van der Waals surface area contributed by atoms with E-state index in [1.54, 1.807) is 0 Å². The maximum absolute atomic E-state index is 2.45. The van der Waals surface area contributed by atoms with E-state index in [0.717, 1.165) is 11.8 Å². The molecule has 2 heteroatoms. The van der Waals surface area contributed by atoms with E-state index in [1.807, 2.05) is 0 Å². The third-order valence-electron chi connectivity index (χ3n) is 5.20. The van der Waals surface area contributed by atoms with Crippen LogP contribution in [0.1, 0.15) is 64.9 Å². The van der Waals surface area contributed by atoms with Crippen LogP contribution in [0.3, 0.4) is 0 Å². The van der Waals surface area contributed by atoms with Gasteiger partial charge in [0.15, 0.2) is 0 Å². The minimum absolute atomic E-state index is 0. The number of nitrogens with zero attached hydrogens (tertiary/aromatic N) is 1. The Hall–Kier alpha value is -0.530. The molecule has 0 heterocycles. The molecule has 0 amide bonds. The Labute approximate surface area is 151 Å². The average molecular weight is 340 g/mol. The van der Waals surface area contributed by atoms with Gasteiger partial charge in [0.2, 0.25) is 0 Å². The molecule has 1 aromatic carbocycles. The fourth-order valence-electron chi connectivity index (χ4n) is 3.63. The fraction of sp³-hybridized carbons (Fsp3) is 0.714. The van der Waals surface area contributed by atoms with E-state index in [1.165, 1.54) is 50.5 Å². The van der Waals surface area contributed by atoms with Crippen LogP contribution in [0, 0.1) is 11.8 Å². The van der Waals surface area contributed by atoms with E-state index in [-0.39, 0.29) is 12.4 Å². The van der Waals surface area contributed by atoms with Crippen LogP contribution in [-0.2, 0) is 6.42 Å². The third kappa shape index (κ3) is 8.22. The molecule has 1 aromatic rings. The zero-order chi connectivity index (χ0) is 16.4. The van der Waals surface area contributed by atoms with Crippen LogP contribution in [0.25, 0.3) is 0 Å². The molecule has 134 valence electrons. The quantitative estimate of drug-likeness (QED) is 0.463. The number of hydrogen-bond acceptors (Lipinski definition) is 1. The Bertz CT molecular complexity index is 377. The van der Waals surface area contributed by atoms with Crippen molar-refractivity contribution in [1.29, 1.82) is 0 Å². The molecule has 0 aliphatic heterocycles. The van der Waals surface area contributed by atoms with Crippen LogP contribution in [-0.4, -0.2) is 25.0 Å². The molecule has 23 heavy (non-hydrogen) atoms. The van der Waals surface area contributed by atoms with Crippen molar-refractivity contribution < 1.29 is 0 Å². The molecule has 0 fully saturated rings. The minimum atomic E-state index is 0. The number of benzene rings is 1. The van der Waals surface area contributed by atoms with Gasteiger partial charge in [-0.25, -0.2) is 0 Å². The zero-order valence-electron chi connectivity index (χ0n) is 15.9. The highest BCUT2D eigenvalue weighted by molar-refractivity contribution is 5.85. The normalized spacial score (nSPS) is 15.0. The van der Waals surface area contributed by atoms with Crippen LogP contribution in [0.2, 0.25) is 0 Å². The minimum Gasteiger partial charge on any atom is -0.306 e. The molecule has 0 saturated heterocycles. The lowest BCUT2D eigenvalue weighted by atomic mass is 9.81. The summed E-state index contributed by atoms with van der Waals surface area (Å²) < 4.78 is 0. The van der Waals surface area contributed by atoms with Crippen LogP contribution in [0.4, 0.5) is 0 Å². The summed E-state index contributed by atoms with van der Waals surface area (Å²) in [6, 6.07) is 11.7. The number of rotatable bonds is 11. The van der Waals surface area contributed by atoms with Gasteiger partial charge in [-0.1, -0.05) is 83.2 Å². The van der Waals surface area contributed by atoms with Crippen LogP contribution in [0.15, 0.2) is 30.3 Å². The largest absolute Gasteiger partial charge is 0.306 e. The zero-order valence-corrected chi connectivity index (χ0v) is 16.7. The molecule has 0 radical (unpaired) electrons. The molecule has 0 aliphatic rings. The van der Waals surface area contributed by atoms with Crippen LogP contribution in [0.5, 0.6) is 0 Å². The van der Waals surface area contributed by atoms with Gasteiger partial charge >= 0.3 is 0 Å². The maximum Gasteiger partial charge on any atom is 0.0158 e. The topological polar surface area (TPSA) is 3.24 Å². The first-order valence-corrected chi connectivity index (χ1v) is 9.32. The van der Waals surface area contributed by atoms with Crippen molar-refractivity contribution in [3.05, 3.63) is 35.9 Å². The lowest BCUT2D eigenvalue weighted by Crippen LogP contribution is -2.38. The summed E-state index contributed by atoms with van der Waals surface area (Å²) in [4.78, 5) is 2.45. The summed E-state index contributed by atoms with van der Waals surface area (Å²) in [6.45, 7) is 7.05. The highest BCUT2D eigenvalue weighted by Crippen LogP contribution is 2.29. The van der Waals surface area contributed by atoms with Crippen molar-refractivity contribution >= 4 is 12.4 Å². The first kappa shape index (κ1) is 22.5. The second kappa shape index (κ2) is 12.8. The molecule has 0 saturated carbocycles. The molecule has 0 aromatic heterocycles. The predicted octanol–water partition coefficient (Wildman–Crippen LogP) is 6.21. The molecule has 3 atom stereocenters. The Kier molecular flexibility index (Phi) is 12.5. The van der Waals surface area contributed by atoms with Crippen molar-refractivity contribution in [2.24, 2.45) is 11.8 Å². The summed E-state index contributed by atoms with van der Waals surface area (Å²) in [5, 5.41) is 0. The number of halogens is 1. The molecule has 1 rings (SSSR count). The van der Waals surface area contributed by atoms with Gasteiger partial charge in [-0.15, -0.1) is 12.4 Å². The molecule has 0 spiro atoms. The number of unbranched alkanes of at least 4 members (excludes halogenated alkanes) is 1. The van der Waals surface area contributed by atoms with E-state index in [4.69, 9.17) is 0 Å². The SMILES string of the molecule is CCCCC(CC)CC(CC)C(Cc1ccccc1)N(C)C.Cl. The lowest BCUT2D eigenvalue weighted by molar-refractivity contribution is 0.170. The Balaban J connectivity index is 0.00000484. The van der Waals surface area contributed by atoms with E-state index < -0.39 is 0 Å². The van der Waals surface area contributed by atoms with E-state index >= 15 is 0 Å². The van der Waals surface area contributed by atoms with Gasteiger partial charge in [0.1, 0.15) is 0 Å². The van der Waals surface area contributed by atoms with E-state index in [9.17, 15) is 0 Å². The summed E-state index contributed by atoms with van der Waals surface area (Å²) >= 11 is 0. The first-order chi connectivity index (χ1) is 10.6. The number of hydrogen-bond donors (Lipinski definition) is 0. The molecule has 0 bridgehead atoms. The smallest absolute Gasteiger partial charge is 0.0158 e.